The Morgan fingerprint density at radius 3 is 2.41 bits per heavy atom. The highest BCUT2D eigenvalue weighted by Gasteiger charge is 2.36. The van der Waals surface area contributed by atoms with Crippen LogP contribution in [0.3, 0.4) is 0 Å². The second kappa shape index (κ2) is 7.45. The molecule has 4 heteroatoms. The average Bonchev–Trinajstić information content (AvgIpc) is 2.96. The van der Waals surface area contributed by atoms with E-state index in [9.17, 15) is 4.79 Å². The maximum atomic E-state index is 13.1. The summed E-state index contributed by atoms with van der Waals surface area (Å²) in [5, 5.41) is 4.20. The van der Waals surface area contributed by atoms with Gasteiger partial charge >= 0.3 is 0 Å². The van der Waals surface area contributed by atoms with Crippen LogP contribution < -0.4 is 5.32 Å². The minimum absolute atomic E-state index is 0.0215. The Bertz CT molecular complexity index is 968. The maximum Gasteiger partial charge on any atom is 0.256 e. The molecule has 0 bridgehead atoms. The fourth-order valence-electron chi connectivity index (χ4n) is 3.49. The van der Waals surface area contributed by atoms with Gasteiger partial charge in [-0.25, -0.2) is 0 Å². The molecule has 1 atom stereocenters. The first kappa shape index (κ1) is 17.6. The third kappa shape index (κ3) is 3.43. The summed E-state index contributed by atoms with van der Waals surface area (Å²) in [5.74, 6) is 0.0215. The van der Waals surface area contributed by atoms with Crippen molar-refractivity contribution in [1.82, 2.24) is 4.90 Å². The number of halogens is 1. The molecule has 0 radical (unpaired) electrons. The first-order valence-electron chi connectivity index (χ1n) is 9.16. The molecular formula is C23H21ClN2O. The standard InChI is InChI=1S/C23H21ClN2O/c1-2-16-11-13-18(14-12-16)25-22-19-8-4-5-9-20(19)23(27)26(22)15-17-7-3-6-10-21(17)24/h3-14,22,25H,2,15H2,1H3/t22-/m1/s1. The van der Waals surface area contributed by atoms with Crippen LogP contribution in [0.2, 0.25) is 5.02 Å². The van der Waals surface area contributed by atoms with Gasteiger partial charge in [0.15, 0.2) is 0 Å². The number of amides is 1. The zero-order chi connectivity index (χ0) is 18.8. The van der Waals surface area contributed by atoms with E-state index in [0.717, 1.165) is 28.8 Å². The molecule has 0 aromatic heterocycles. The Morgan fingerprint density at radius 2 is 1.67 bits per heavy atom. The van der Waals surface area contributed by atoms with Crippen molar-refractivity contribution in [2.45, 2.75) is 26.1 Å². The van der Waals surface area contributed by atoms with E-state index in [2.05, 4.69) is 36.5 Å². The van der Waals surface area contributed by atoms with E-state index in [0.29, 0.717) is 11.6 Å². The van der Waals surface area contributed by atoms with Crippen LogP contribution in [0.15, 0.2) is 72.8 Å². The third-order valence-electron chi connectivity index (χ3n) is 5.02. The number of nitrogens with zero attached hydrogens (tertiary/aromatic N) is 1. The minimum atomic E-state index is -0.225. The molecule has 0 aliphatic carbocycles. The Hall–Kier alpha value is -2.78. The van der Waals surface area contributed by atoms with Gasteiger partial charge in [0.1, 0.15) is 6.17 Å². The number of carbonyl (C=O) groups is 1. The van der Waals surface area contributed by atoms with Crippen LogP contribution in [0.4, 0.5) is 5.69 Å². The first-order chi connectivity index (χ1) is 13.2. The molecule has 1 amide bonds. The molecule has 3 aromatic carbocycles. The molecule has 136 valence electrons. The van der Waals surface area contributed by atoms with Gasteiger partial charge in [-0.15, -0.1) is 0 Å². The zero-order valence-corrected chi connectivity index (χ0v) is 15.9. The lowest BCUT2D eigenvalue weighted by Gasteiger charge is -2.27. The molecule has 1 N–H and O–H groups in total. The quantitative estimate of drug-likeness (QED) is 0.622. The predicted octanol–water partition coefficient (Wildman–Crippen LogP) is 5.67. The zero-order valence-electron chi connectivity index (χ0n) is 15.2. The second-order valence-corrected chi connectivity index (χ2v) is 7.12. The summed E-state index contributed by atoms with van der Waals surface area (Å²) in [6.07, 6.45) is 0.779. The molecule has 1 heterocycles. The average molecular weight is 377 g/mol. The molecule has 3 aromatic rings. The first-order valence-corrected chi connectivity index (χ1v) is 9.54. The van der Waals surface area contributed by atoms with Crippen LogP contribution >= 0.6 is 11.6 Å². The molecule has 0 saturated carbocycles. The number of aryl methyl sites for hydroxylation is 1. The Kier molecular flexibility index (Phi) is 4.87. The lowest BCUT2D eigenvalue weighted by atomic mass is 10.1. The number of fused-ring (bicyclic) bond motifs is 1. The van der Waals surface area contributed by atoms with Gasteiger partial charge in [0.05, 0.1) is 0 Å². The van der Waals surface area contributed by atoms with Gasteiger partial charge in [-0.2, -0.15) is 0 Å². The van der Waals surface area contributed by atoms with Crippen molar-refractivity contribution in [3.05, 3.63) is 100 Å². The van der Waals surface area contributed by atoms with Crippen molar-refractivity contribution in [2.24, 2.45) is 0 Å². The molecule has 27 heavy (non-hydrogen) atoms. The third-order valence-corrected chi connectivity index (χ3v) is 5.39. The summed E-state index contributed by atoms with van der Waals surface area (Å²) in [5.41, 5.74) is 4.96. The van der Waals surface area contributed by atoms with Crippen LogP contribution in [-0.2, 0) is 13.0 Å². The number of anilines is 1. The molecule has 4 rings (SSSR count). The van der Waals surface area contributed by atoms with Gasteiger partial charge in [-0.1, -0.05) is 67.1 Å². The SMILES string of the molecule is CCc1ccc(N[C@H]2c3ccccc3C(=O)N2Cc2ccccc2Cl)cc1. The smallest absolute Gasteiger partial charge is 0.256 e. The molecular weight excluding hydrogens is 356 g/mol. The molecule has 0 unspecified atom stereocenters. The van der Waals surface area contributed by atoms with Gasteiger partial charge < -0.3 is 10.2 Å². The van der Waals surface area contributed by atoms with Crippen LogP contribution in [0, 0.1) is 0 Å². The van der Waals surface area contributed by atoms with Crippen molar-refractivity contribution in [3.8, 4) is 0 Å². The van der Waals surface area contributed by atoms with E-state index >= 15 is 0 Å². The molecule has 0 spiro atoms. The van der Waals surface area contributed by atoms with Crippen LogP contribution in [0.5, 0.6) is 0 Å². The maximum absolute atomic E-state index is 13.1. The number of rotatable bonds is 5. The number of carbonyl (C=O) groups excluding carboxylic acids is 1. The fraction of sp³-hybridized carbons (Fsp3) is 0.174. The lowest BCUT2D eigenvalue weighted by molar-refractivity contribution is 0.0729. The van der Waals surface area contributed by atoms with E-state index in [-0.39, 0.29) is 12.1 Å². The van der Waals surface area contributed by atoms with Crippen LogP contribution in [0.25, 0.3) is 0 Å². The molecule has 1 aliphatic rings. The van der Waals surface area contributed by atoms with Gasteiger partial charge in [0.2, 0.25) is 0 Å². The van der Waals surface area contributed by atoms with Crippen molar-refractivity contribution in [3.63, 3.8) is 0 Å². The van der Waals surface area contributed by atoms with Crippen molar-refractivity contribution in [2.75, 3.05) is 5.32 Å². The van der Waals surface area contributed by atoms with Crippen LogP contribution in [0.1, 0.15) is 40.1 Å². The molecule has 3 nitrogen and oxygen atoms in total. The normalized spacial score (nSPS) is 15.7. The van der Waals surface area contributed by atoms with Crippen molar-refractivity contribution in [1.29, 1.82) is 0 Å². The van der Waals surface area contributed by atoms with Crippen molar-refractivity contribution >= 4 is 23.2 Å². The summed E-state index contributed by atoms with van der Waals surface area (Å²) in [6.45, 7) is 2.59. The van der Waals surface area contributed by atoms with Gasteiger partial charge in [-0.3, -0.25) is 4.79 Å². The lowest BCUT2D eigenvalue weighted by Crippen LogP contribution is -2.32. The predicted molar refractivity (Wildman–Crippen MR) is 110 cm³/mol. The van der Waals surface area contributed by atoms with Gasteiger partial charge in [-0.05, 0) is 41.8 Å². The monoisotopic (exact) mass is 376 g/mol. The van der Waals surface area contributed by atoms with E-state index in [4.69, 9.17) is 11.6 Å². The highest BCUT2D eigenvalue weighted by atomic mass is 35.5. The molecule has 0 fully saturated rings. The number of nitrogens with one attached hydrogen (secondary N) is 1. The highest BCUT2D eigenvalue weighted by Crippen LogP contribution is 2.36. The Balaban J connectivity index is 1.67. The summed E-state index contributed by atoms with van der Waals surface area (Å²) >= 11 is 6.34. The number of hydrogen-bond donors (Lipinski definition) is 1. The summed E-state index contributed by atoms with van der Waals surface area (Å²) in [4.78, 5) is 14.9. The number of hydrogen-bond acceptors (Lipinski definition) is 2. The van der Waals surface area contributed by atoms with E-state index < -0.39 is 0 Å². The Morgan fingerprint density at radius 1 is 0.963 bits per heavy atom. The summed E-state index contributed by atoms with van der Waals surface area (Å²) in [6, 6.07) is 23.8. The fourth-order valence-corrected chi connectivity index (χ4v) is 3.69. The largest absolute Gasteiger partial charge is 0.361 e. The Labute approximate surface area is 164 Å². The summed E-state index contributed by atoms with van der Waals surface area (Å²) < 4.78 is 0. The van der Waals surface area contributed by atoms with E-state index in [1.54, 1.807) is 0 Å². The molecule has 0 saturated heterocycles. The van der Waals surface area contributed by atoms with Gasteiger partial charge in [0.25, 0.3) is 5.91 Å². The van der Waals surface area contributed by atoms with E-state index in [1.807, 2.05) is 53.4 Å². The number of benzene rings is 3. The summed E-state index contributed by atoms with van der Waals surface area (Å²) in [7, 11) is 0. The molecule has 1 aliphatic heterocycles. The second-order valence-electron chi connectivity index (χ2n) is 6.71. The minimum Gasteiger partial charge on any atom is -0.361 e. The highest BCUT2D eigenvalue weighted by molar-refractivity contribution is 6.31. The van der Waals surface area contributed by atoms with Crippen LogP contribution in [-0.4, -0.2) is 10.8 Å². The topological polar surface area (TPSA) is 32.3 Å². The van der Waals surface area contributed by atoms with E-state index in [1.165, 1.54) is 5.56 Å². The van der Waals surface area contributed by atoms with Gasteiger partial charge in [0, 0.05) is 28.4 Å². The van der Waals surface area contributed by atoms with Crippen molar-refractivity contribution < 1.29 is 4.79 Å².